The van der Waals surface area contributed by atoms with E-state index < -0.39 is 11.9 Å². The van der Waals surface area contributed by atoms with Crippen molar-refractivity contribution in [3.05, 3.63) is 29.8 Å². The number of nitrogens with zero attached hydrogens (tertiary/aromatic N) is 4. The Morgan fingerprint density at radius 2 is 1.71 bits per heavy atom. The zero-order valence-electron chi connectivity index (χ0n) is 15.7. The number of piperidine rings is 1. The van der Waals surface area contributed by atoms with Crippen molar-refractivity contribution in [2.24, 2.45) is 5.92 Å². The predicted molar refractivity (Wildman–Crippen MR) is 97.9 cm³/mol. The van der Waals surface area contributed by atoms with Crippen LogP contribution < -0.4 is 15.1 Å². The normalized spacial score (nSPS) is 23.9. The molecule has 2 unspecified atom stereocenters. The van der Waals surface area contributed by atoms with Gasteiger partial charge in [0.15, 0.2) is 0 Å². The van der Waals surface area contributed by atoms with Crippen LogP contribution in [0.5, 0.6) is 0 Å². The second-order valence-corrected chi connectivity index (χ2v) is 7.48. The molecule has 2 heterocycles. The molecule has 0 amide bonds. The smallest absolute Gasteiger partial charge is 0.0991 e. The molecule has 0 bridgehead atoms. The first-order valence-corrected chi connectivity index (χ1v) is 9.57. The van der Waals surface area contributed by atoms with E-state index in [2.05, 4.69) is 15.9 Å². The molecule has 28 heavy (non-hydrogen) atoms. The van der Waals surface area contributed by atoms with Crippen LogP contribution in [0.25, 0.3) is 0 Å². The monoisotopic (exact) mass is 384 g/mol. The Hall–Kier alpha value is -2.63. The minimum atomic E-state index is -1.14. The summed E-state index contributed by atoms with van der Waals surface area (Å²) in [6, 6.07) is 9.75. The highest BCUT2D eigenvalue weighted by molar-refractivity contribution is 5.67. The number of hydrogen-bond acceptors (Lipinski definition) is 8. The molecule has 0 aromatic heterocycles. The van der Waals surface area contributed by atoms with Crippen molar-refractivity contribution in [3.8, 4) is 6.07 Å². The summed E-state index contributed by atoms with van der Waals surface area (Å²) >= 11 is 0. The molecule has 0 aliphatic carbocycles. The second kappa shape index (κ2) is 9.04. The van der Waals surface area contributed by atoms with Gasteiger partial charge in [-0.1, -0.05) is 0 Å². The number of carboxylic acid groups (broad SMARTS) is 2. The molecule has 2 fully saturated rings. The van der Waals surface area contributed by atoms with Crippen LogP contribution >= 0.6 is 0 Å². The van der Waals surface area contributed by atoms with Gasteiger partial charge in [-0.2, -0.15) is 5.26 Å². The van der Waals surface area contributed by atoms with Gasteiger partial charge < -0.3 is 24.7 Å². The van der Waals surface area contributed by atoms with E-state index in [4.69, 9.17) is 5.26 Å². The number of hydrogen-bond donors (Lipinski definition) is 0. The molecule has 0 spiro atoms. The van der Waals surface area contributed by atoms with Gasteiger partial charge in [0.2, 0.25) is 0 Å². The molecule has 3 rings (SSSR count). The summed E-state index contributed by atoms with van der Waals surface area (Å²) in [7, 11) is 0. The number of anilines is 1. The standard InChI is InChI=1S/C20H26N4O4/c21-12-15-1-3-17(4-2-15)23-7-9-24(10-8-23)18-5-6-22(14-20(27)28)13-16(18)11-19(25)26/h1-4,16,18H,5-11,13-14H2,(H,25,26)(H,27,28)/p-2. The highest BCUT2D eigenvalue weighted by Crippen LogP contribution is 2.27. The maximum Gasteiger partial charge on any atom is 0.0991 e. The summed E-state index contributed by atoms with van der Waals surface area (Å²) in [6.45, 7) is 4.17. The third kappa shape index (κ3) is 5.00. The van der Waals surface area contributed by atoms with Crippen molar-refractivity contribution in [1.82, 2.24) is 9.80 Å². The maximum absolute atomic E-state index is 11.2. The molecule has 150 valence electrons. The van der Waals surface area contributed by atoms with Gasteiger partial charge in [0.05, 0.1) is 17.6 Å². The van der Waals surface area contributed by atoms with Crippen LogP contribution in [0.2, 0.25) is 0 Å². The number of nitriles is 1. The first-order chi connectivity index (χ1) is 13.5. The van der Waals surface area contributed by atoms with Gasteiger partial charge in [-0.25, -0.2) is 0 Å². The summed E-state index contributed by atoms with van der Waals surface area (Å²) in [5.41, 5.74) is 1.71. The first kappa shape index (κ1) is 20.1. The van der Waals surface area contributed by atoms with Crippen molar-refractivity contribution in [3.63, 3.8) is 0 Å². The maximum atomic E-state index is 11.2. The van der Waals surface area contributed by atoms with E-state index >= 15 is 0 Å². The molecule has 8 nitrogen and oxygen atoms in total. The fourth-order valence-electron chi connectivity index (χ4n) is 4.38. The average molecular weight is 384 g/mol. The van der Waals surface area contributed by atoms with E-state index in [0.29, 0.717) is 18.7 Å². The van der Waals surface area contributed by atoms with Crippen LogP contribution in [0.1, 0.15) is 18.4 Å². The van der Waals surface area contributed by atoms with E-state index in [-0.39, 0.29) is 24.9 Å². The molecule has 1 aromatic rings. The predicted octanol–water partition coefficient (Wildman–Crippen LogP) is -1.74. The lowest BCUT2D eigenvalue weighted by Gasteiger charge is -2.47. The van der Waals surface area contributed by atoms with Crippen molar-refractivity contribution >= 4 is 17.6 Å². The number of carbonyl (C=O) groups is 2. The molecule has 1 aromatic carbocycles. The van der Waals surface area contributed by atoms with E-state index in [1.165, 1.54) is 0 Å². The van der Waals surface area contributed by atoms with Crippen LogP contribution in [0.3, 0.4) is 0 Å². The van der Waals surface area contributed by atoms with Crippen molar-refractivity contribution in [1.29, 1.82) is 5.26 Å². The fourth-order valence-corrected chi connectivity index (χ4v) is 4.38. The van der Waals surface area contributed by atoms with Gasteiger partial charge in [-0.05, 0) is 43.0 Å². The van der Waals surface area contributed by atoms with E-state index in [1.54, 1.807) is 4.90 Å². The number of aliphatic carboxylic acids is 2. The molecular formula is C20H24N4O4-2. The van der Waals surface area contributed by atoms with Gasteiger partial charge in [0.25, 0.3) is 0 Å². The number of carbonyl (C=O) groups excluding carboxylic acids is 2. The SMILES string of the molecule is N#Cc1ccc(N2CCN(C3CCN(CC(=O)[O-])CC3CC(=O)[O-])CC2)cc1. The van der Waals surface area contributed by atoms with Gasteiger partial charge in [-0.3, -0.25) is 9.80 Å². The Kier molecular flexibility index (Phi) is 6.49. The van der Waals surface area contributed by atoms with Crippen molar-refractivity contribution in [2.45, 2.75) is 18.9 Å². The Morgan fingerprint density at radius 1 is 1.04 bits per heavy atom. The molecule has 2 aliphatic rings. The number of carboxylic acids is 2. The Bertz CT molecular complexity index is 738. The van der Waals surface area contributed by atoms with Crippen LogP contribution in [-0.2, 0) is 9.59 Å². The zero-order valence-corrected chi connectivity index (χ0v) is 15.7. The van der Waals surface area contributed by atoms with E-state index in [9.17, 15) is 19.8 Å². The summed E-state index contributed by atoms with van der Waals surface area (Å²) in [4.78, 5) is 28.4. The summed E-state index contributed by atoms with van der Waals surface area (Å²) in [6.07, 6.45) is 0.673. The topological polar surface area (TPSA) is 114 Å². The molecule has 2 atom stereocenters. The molecule has 0 N–H and O–H groups in total. The Morgan fingerprint density at radius 3 is 2.29 bits per heavy atom. The highest BCUT2D eigenvalue weighted by atomic mass is 16.4. The summed E-state index contributed by atoms with van der Waals surface area (Å²) in [5.74, 6) is -2.39. The fraction of sp³-hybridized carbons (Fsp3) is 0.550. The zero-order chi connectivity index (χ0) is 20.1. The third-order valence-corrected chi connectivity index (χ3v) is 5.70. The third-order valence-electron chi connectivity index (χ3n) is 5.70. The number of likely N-dealkylation sites (tertiary alicyclic amines) is 1. The van der Waals surface area contributed by atoms with Crippen LogP contribution in [-0.4, -0.2) is 73.6 Å². The highest BCUT2D eigenvalue weighted by Gasteiger charge is 2.34. The van der Waals surface area contributed by atoms with Crippen molar-refractivity contribution in [2.75, 3.05) is 50.7 Å². The summed E-state index contributed by atoms with van der Waals surface area (Å²) < 4.78 is 0. The lowest BCUT2D eigenvalue weighted by Crippen LogP contribution is -2.58. The number of piperazine rings is 1. The quantitative estimate of drug-likeness (QED) is 0.568. The lowest BCUT2D eigenvalue weighted by molar-refractivity contribution is -0.307. The minimum absolute atomic E-state index is 0.0654. The first-order valence-electron chi connectivity index (χ1n) is 9.57. The summed E-state index contributed by atoms with van der Waals surface area (Å²) in [5, 5.41) is 31.0. The number of rotatable bonds is 6. The van der Waals surface area contributed by atoms with Gasteiger partial charge in [-0.15, -0.1) is 0 Å². The average Bonchev–Trinajstić information content (AvgIpc) is 2.68. The van der Waals surface area contributed by atoms with Gasteiger partial charge in [0, 0.05) is 63.5 Å². The molecule has 2 saturated heterocycles. The largest absolute Gasteiger partial charge is 0.550 e. The van der Waals surface area contributed by atoms with Gasteiger partial charge in [0.1, 0.15) is 0 Å². The Balaban J connectivity index is 1.60. The molecule has 0 saturated carbocycles. The van der Waals surface area contributed by atoms with Crippen molar-refractivity contribution < 1.29 is 19.8 Å². The minimum Gasteiger partial charge on any atom is -0.550 e. The van der Waals surface area contributed by atoms with Gasteiger partial charge >= 0.3 is 0 Å². The van der Waals surface area contributed by atoms with Crippen LogP contribution in [0.15, 0.2) is 24.3 Å². The lowest BCUT2D eigenvalue weighted by atomic mass is 9.87. The Labute approximate surface area is 164 Å². The molecule has 2 aliphatic heterocycles. The van der Waals surface area contributed by atoms with E-state index in [0.717, 1.165) is 38.3 Å². The number of benzene rings is 1. The van der Waals surface area contributed by atoms with E-state index in [1.807, 2.05) is 24.3 Å². The second-order valence-electron chi connectivity index (χ2n) is 7.48. The molecular weight excluding hydrogens is 360 g/mol. The van der Waals surface area contributed by atoms with Crippen LogP contribution in [0, 0.1) is 17.2 Å². The molecule has 0 radical (unpaired) electrons. The molecule has 8 heteroatoms. The van der Waals surface area contributed by atoms with Crippen LogP contribution in [0.4, 0.5) is 5.69 Å².